The molecule has 7 heteroatoms. The van der Waals surface area contributed by atoms with Crippen LogP contribution in [0.2, 0.25) is 0 Å². The van der Waals surface area contributed by atoms with Gasteiger partial charge in [0.2, 0.25) is 0 Å². The topological polar surface area (TPSA) is 63.1 Å². The largest absolute Gasteiger partial charge is 0.469 e. The van der Waals surface area contributed by atoms with Gasteiger partial charge >= 0.3 is 0 Å². The van der Waals surface area contributed by atoms with Crippen LogP contribution in [0.3, 0.4) is 0 Å². The van der Waals surface area contributed by atoms with Gasteiger partial charge in [-0.05, 0) is 24.3 Å². The molecule has 0 unspecified atom stereocenters. The van der Waals surface area contributed by atoms with E-state index in [-0.39, 0.29) is 24.0 Å². The fourth-order valence-electron chi connectivity index (χ4n) is 2.73. The monoisotopic (exact) mass is 483 g/mol. The molecule has 146 valence electrons. The molecule has 2 aromatic heterocycles. The van der Waals surface area contributed by atoms with E-state index in [1.807, 2.05) is 37.4 Å². The molecule has 0 atom stereocenters. The van der Waals surface area contributed by atoms with E-state index in [0.717, 1.165) is 41.4 Å². The lowest BCUT2D eigenvalue weighted by Gasteiger charge is -2.21. The predicted molar refractivity (Wildman–Crippen MR) is 118 cm³/mol. The van der Waals surface area contributed by atoms with Crippen LogP contribution >= 0.6 is 24.0 Å². The number of nitrogens with one attached hydrogen (secondary N) is 1. The molecule has 3 rings (SSSR count). The molecule has 6 nitrogen and oxygen atoms in total. The third kappa shape index (κ3) is 6.28. The first-order valence-electron chi connectivity index (χ1n) is 8.74. The van der Waals surface area contributed by atoms with Crippen LogP contribution in [0.25, 0.3) is 11.0 Å². The minimum absolute atomic E-state index is 0. The Morgan fingerprint density at radius 1 is 1.19 bits per heavy atom. The highest BCUT2D eigenvalue weighted by Gasteiger charge is 2.11. The van der Waals surface area contributed by atoms with E-state index in [0.29, 0.717) is 19.7 Å². The molecule has 0 saturated heterocycles. The normalized spacial score (nSPS) is 11.4. The lowest BCUT2D eigenvalue weighted by molar-refractivity contribution is 0.207. The zero-order chi connectivity index (χ0) is 18.2. The van der Waals surface area contributed by atoms with E-state index in [2.05, 4.69) is 27.3 Å². The summed E-state index contributed by atoms with van der Waals surface area (Å²) in [5.74, 6) is 2.67. The standard InChI is InChI=1S/C20H25N3O3.HI/c1-23(15-18-14-16-6-3-4-8-19(16)26-18)20(22-11-13-24-2)21-10-9-17-7-5-12-25-17;/h3-8,12,14H,9-11,13,15H2,1-2H3,(H,21,22);1H. The highest BCUT2D eigenvalue weighted by atomic mass is 127. The van der Waals surface area contributed by atoms with Gasteiger partial charge in [-0.15, -0.1) is 24.0 Å². The number of nitrogens with zero attached hydrogens (tertiary/aromatic N) is 2. The molecule has 27 heavy (non-hydrogen) atoms. The summed E-state index contributed by atoms with van der Waals surface area (Å²) in [5, 5.41) is 4.50. The van der Waals surface area contributed by atoms with Gasteiger partial charge in [-0.1, -0.05) is 18.2 Å². The van der Waals surface area contributed by atoms with Crippen LogP contribution < -0.4 is 5.32 Å². The third-order valence-corrected chi connectivity index (χ3v) is 4.02. The van der Waals surface area contributed by atoms with Crippen LogP contribution in [0, 0.1) is 0 Å². The Hall–Kier alpha value is -2.00. The second-order valence-corrected chi connectivity index (χ2v) is 6.06. The van der Waals surface area contributed by atoms with Crippen molar-refractivity contribution in [3.8, 4) is 0 Å². The van der Waals surface area contributed by atoms with E-state index < -0.39 is 0 Å². The molecule has 0 saturated carbocycles. The summed E-state index contributed by atoms with van der Waals surface area (Å²) >= 11 is 0. The number of aliphatic imine (C=N–C) groups is 1. The number of hydrogen-bond donors (Lipinski definition) is 1. The van der Waals surface area contributed by atoms with E-state index in [4.69, 9.17) is 13.6 Å². The van der Waals surface area contributed by atoms with E-state index in [1.165, 1.54) is 0 Å². The van der Waals surface area contributed by atoms with Crippen LogP contribution in [0.5, 0.6) is 0 Å². The number of guanidine groups is 1. The van der Waals surface area contributed by atoms with Crippen molar-refractivity contribution in [2.24, 2.45) is 4.99 Å². The Labute approximate surface area is 176 Å². The average molecular weight is 483 g/mol. The zero-order valence-electron chi connectivity index (χ0n) is 15.7. The van der Waals surface area contributed by atoms with Crippen LogP contribution in [-0.2, 0) is 17.7 Å². The number of hydrogen-bond acceptors (Lipinski definition) is 4. The summed E-state index contributed by atoms with van der Waals surface area (Å²) in [6, 6.07) is 14.0. The Kier molecular flexibility index (Phi) is 8.66. The van der Waals surface area contributed by atoms with Crippen LogP contribution in [-0.4, -0.2) is 44.7 Å². The second-order valence-electron chi connectivity index (χ2n) is 6.06. The zero-order valence-corrected chi connectivity index (χ0v) is 18.0. The first-order valence-corrected chi connectivity index (χ1v) is 8.74. The molecule has 0 fully saturated rings. The number of ether oxygens (including phenoxy) is 1. The van der Waals surface area contributed by atoms with Gasteiger partial charge in [0.25, 0.3) is 0 Å². The first-order chi connectivity index (χ1) is 12.8. The summed E-state index contributed by atoms with van der Waals surface area (Å²) in [5.41, 5.74) is 0.902. The fraction of sp³-hybridized carbons (Fsp3) is 0.350. The van der Waals surface area contributed by atoms with Gasteiger partial charge in [0.1, 0.15) is 17.1 Å². The van der Waals surface area contributed by atoms with Gasteiger partial charge in [0.05, 0.1) is 26.0 Å². The lowest BCUT2D eigenvalue weighted by atomic mass is 10.2. The maximum Gasteiger partial charge on any atom is 0.194 e. The molecule has 0 aliphatic carbocycles. The quantitative estimate of drug-likeness (QED) is 0.228. The summed E-state index contributed by atoms with van der Waals surface area (Å²) < 4.78 is 16.4. The number of furan rings is 2. The van der Waals surface area contributed by atoms with Crippen LogP contribution in [0.4, 0.5) is 0 Å². The fourth-order valence-corrected chi connectivity index (χ4v) is 2.73. The molecule has 3 aromatic rings. The minimum Gasteiger partial charge on any atom is -0.469 e. The lowest BCUT2D eigenvalue weighted by Crippen LogP contribution is -2.39. The van der Waals surface area contributed by atoms with Crippen molar-refractivity contribution >= 4 is 40.9 Å². The molecule has 0 aliphatic rings. The molecule has 1 N–H and O–H groups in total. The highest BCUT2D eigenvalue weighted by molar-refractivity contribution is 14.0. The summed E-state index contributed by atoms with van der Waals surface area (Å²) in [6.07, 6.45) is 2.49. The molecule has 0 radical (unpaired) electrons. The minimum atomic E-state index is 0. The van der Waals surface area contributed by atoms with Crippen molar-refractivity contribution in [1.82, 2.24) is 10.2 Å². The first kappa shape index (κ1) is 21.3. The van der Waals surface area contributed by atoms with Gasteiger partial charge in [0, 0.05) is 32.5 Å². The Morgan fingerprint density at radius 3 is 2.78 bits per heavy atom. The van der Waals surface area contributed by atoms with Crippen molar-refractivity contribution < 1.29 is 13.6 Å². The number of benzene rings is 1. The van der Waals surface area contributed by atoms with Crippen LogP contribution in [0.1, 0.15) is 11.5 Å². The summed E-state index contributed by atoms with van der Waals surface area (Å²) in [7, 11) is 3.68. The van der Waals surface area contributed by atoms with Gasteiger partial charge < -0.3 is 23.8 Å². The molecule has 2 heterocycles. The Morgan fingerprint density at radius 2 is 2.04 bits per heavy atom. The van der Waals surface area contributed by atoms with Gasteiger partial charge in [-0.25, -0.2) is 0 Å². The summed E-state index contributed by atoms with van der Waals surface area (Å²) in [6.45, 7) is 2.56. The van der Waals surface area contributed by atoms with Crippen molar-refractivity contribution in [1.29, 1.82) is 0 Å². The molecule has 0 spiro atoms. The highest BCUT2D eigenvalue weighted by Crippen LogP contribution is 2.19. The number of rotatable bonds is 8. The van der Waals surface area contributed by atoms with Crippen molar-refractivity contribution in [3.63, 3.8) is 0 Å². The van der Waals surface area contributed by atoms with Crippen molar-refractivity contribution in [2.75, 3.05) is 33.9 Å². The average Bonchev–Trinajstić information content (AvgIpc) is 3.29. The third-order valence-electron chi connectivity index (χ3n) is 4.02. The maximum absolute atomic E-state index is 5.91. The summed E-state index contributed by atoms with van der Waals surface area (Å²) in [4.78, 5) is 6.67. The Bertz CT molecular complexity index is 797. The van der Waals surface area contributed by atoms with Crippen LogP contribution in [0.15, 0.2) is 62.6 Å². The Balaban J connectivity index is 0.00000261. The maximum atomic E-state index is 5.91. The number of para-hydroxylation sites is 1. The van der Waals surface area contributed by atoms with E-state index in [1.54, 1.807) is 13.4 Å². The van der Waals surface area contributed by atoms with Gasteiger partial charge in [0.15, 0.2) is 5.96 Å². The predicted octanol–water partition coefficient (Wildman–Crippen LogP) is 3.91. The smallest absolute Gasteiger partial charge is 0.194 e. The molecular weight excluding hydrogens is 457 g/mol. The van der Waals surface area contributed by atoms with Crippen molar-refractivity contribution in [3.05, 3.63) is 60.2 Å². The SMILES string of the molecule is COCCN=C(NCCc1ccco1)N(C)Cc1cc2ccccc2o1.I. The van der Waals surface area contributed by atoms with Gasteiger partial charge in [-0.2, -0.15) is 0 Å². The van der Waals surface area contributed by atoms with Crippen molar-refractivity contribution in [2.45, 2.75) is 13.0 Å². The number of halogens is 1. The molecule has 0 amide bonds. The molecule has 0 bridgehead atoms. The van der Waals surface area contributed by atoms with E-state index in [9.17, 15) is 0 Å². The molecule has 0 aliphatic heterocycles. The number of methoxy groups -OCH3 is 1. The number of fused-ring (bicyclic) bond motifs is 1. The van der Waals surface area contributed by atoms with E-state index >= 15 is 0 Å². The molecular formula is C20H26IN3O3. The van der Waals surface area contributed by atoms with Gasteiger partial charge in [-0.3, -0.25) is 4.99 Å². The molecule has 1 aromatic carbocycles. The second kappa shape index (κ2) is 11.0.